The standard InChI is InChI=1S/C20H23NO5/c1-23-18-10-15(11-19(12-18)24-2)21-20(22)14-5-3-6-16(9-14)26-13-17-7-4-8-25-17/h3,5-6,9-12,17H,4,7-8,13H2,1-2H3,(H,21,22). The van der Waals surface area contributed by atoms with Gasteiger partial charge in [0.15, 0.2) is 0 Å². The Morgan fingerprint density at radius 3 is 2.54 bits per heavy atom. The fourth-order valence-electron chi connectivity index (χ4n) is 2.77. The van der Waals surface area contributed by atoms with Crippen LogP contribution in [0, 0.1) is 0 Å². The van der Waals surface area contributed by atoms with Gasteiger partial charge < -0.3 is 24.3 Å². The number of rotatable bonds is 7. The van der Waals surface area contributed by atoms with E-state index in [4.69, 9.17) is 18.9 Å². The van der Waals surface area contributed by atoms with E-state index in [-0.39, 0.29) is 12.0 Å². The molecule has 138 valence electrons. The zero-order valence-electron chi connectivity index (χ0n) is 15.0. The molecule has 2 aromatic rings. The van der Waals surface area contributed by atoms with Crippen LogP contribution in [-0.4, -0.2) is 39.4 Å². The lowest BCUT2D eigenvalue weighted by atomic mass is 10.2. The largest absolute Gasteiger partial charge is 0.497 e. The lowest BCUT2D eigenvalue weighted by molar-refractivity contribution is 0.0679. The van der Waals surface area contributed by atoms with Crippen molar-refractivity contribution in [1.82, 2.24) is 0 Å². The van der Waals surface area contributed by atoms with Gasteiger partial charge in [-0.1, -0.05) is 6.07 Å². The Morgan fingerprint density at radius 1 is 1.12 bits per heavy atom. The third kappa shape index (κ3) is 4.67. The highest BCUT2D eigenvalue weighted by Gasteiger charge is 2.16. The first-order chi connectivity index (χ1) is 12.7. The van der Waals surface area contributed by atoms with Crippen molar-refractivity contribution in [2.75, 3.05) is 32.8 Å². The van der Waals surface area contributed by atoms with E-state index in [1.165, 1.54) is 0 Å². The van der Waals surface area contributed by atoms with Gasteiger partial charge in [0.05, 0.1) is 20.3 Å². The van der Waals surface area contributed by atoms with Gasteiger partial charge in [-0.25, -0.2) is 0 Å². The molecule has 2 aromatic carbocycles. The number of anilines is 1. The van der Waals surface area contributed by atoms with Gasteiger partial charge in [-0.2, -0.15) is 0 Å². The molecule has 6 nitrogen and oxygen atoms in total. The molecule has 0 spiro atoms. The van der Waals surface area contributed by atoms with Crippen LogP contribution in [0.2, 0.25) is 0 Å². The zero-order valence-corrected chi connectivity index (χ0v) is 15.0. The molecule has 26 heavy (non-hydrogen) atoms. The Labute approximate surface area is 153 Å². The summed E-state index contributed by atoms with van der Waals surface area (Å²) in [7, 11) is 3.13. The Morgan fingerprint density at radius 2 is 1.88 bits per heavy atom. The monoisotopic (exact) mass is 357 g/mol. The summed E-state index contributed by atoms with van der Waals surface area (Å²) in [6, 6.07) is 12.3. The second-order valence-electron chi connectivity index (χ2n) is 6.03. The van der Waals surface area contributed by atoms with Crippen molar-refractivity contribution < 1.29 is 23.7 Å². The van der Waals surface area contributed by atoms with Crippen molar-refractivity contribution in [3.05, 3.63) is 48.0 Å². The topological polar surface area (TPSA) is 66.0 Å². The highest BCUT2D eigenvalue weighted by Crippen LogP contribution is 2.26. The van der Waals surface area contributed by atoms with E-state index >= 15 is 0 Å². The minimum absolute atomic E-state index is 0.136. The lowest BCUT2D eigenvalue weighted by Gasteiger charge is -2.13. The van der Waals surface area contributed by atoms with Crippen LogP contribution in [-0.2, 0) is 4.74 Å². The second kappa shape index (κ2) is 8.58. The first kappa shape index (κ1) is 18.1. The molecule has 1 heterocycles. The molecule has 0 radical (unpaired) electrons. The van der Waals surface area contributed by atoms with Crippen LogP contribution in [0.1, 0.15) is 23.2 Å². The molecule has 0 aliphatic carbocycles. The van der Waals surface area contributed by atoms with E-state index < -0.39 is 0 Å². The zero-order chi connectivity index (χ0) is 18.4. The molecular weight excluding hydrogens is 334 g/mol. The molecule has 1 aliphatic heterocycles. The number of hydrogen-bond donors (Lipinski definition) is 1. The van der Waals surface area contributed by atoms with Crippen molar-refractivity contribution >= 4 is 11.6 Å². The molecule has 1 unspecified atom stereocenters. The summed E-state index contributed by atoms with van der Waals surface area (Å²) in [5, 5.41) is 2.85. The molecule has 1 atom stereocenters. The van der Waals surface area contributed by atoms with E-state index in [0.29, 0.717) is 35.1 Å². The van der Waals surface area contributed by atoms with Gasteiger partial charge in [0.1, 0.15) is 23.9 Å². The van der Waals surface area contributed by atoms with Crippen molar-refractivity contribution in [3.8, 4) is 17.2 Å². The molecule has 1 N–H and O–H groups in total. The predicted molar refractivity (Wildman–Crippen MR) is 98.4 cm³/mol. The van der Waals surface area contributed by atoms with E-state index in [2.05, 4.69) is 5.32 Å². The highest BCUT2D eigenvalue weighted by atomic mass is 16.5. The average molecular weight is 357 g/mol. The van der Waals surface area contributed by atoms with Crippen molar-refractivity contribution in [2.45, 2.75) is 18.9 Å². The van der Waals surface area contributed by atoms with Crippen LogP contribution in [0.4, 0.5) is 5.69 Å². The van der Waals surface area contributed by atoms with Crippen LogP contribution in [0.15, 0.2) is 42.5 Å². The molecule has 1 aliphatic rings. The van der Waals surface area contributed by atoms with Gasteiger partial charge in [0.25, 0.3) is 5.91 Å². The number of hydrogen-bond acceptors (Lipinski definition) is 5. The summed E-state index contributed by atoms with van der Waals surface area (Å²) in [5.74, 6) is 1.63. The first-order valence-corrected chi connectivity index (χ1v) is 8.57. The highest BCUT2D eigenvalue weighted by molar-refractivity contribution is 6.04. The van der Waals surface area contributed by atoms with Crippen molar-refractivity contribution in [1.29, 1.82) is 0 Å². The molecule has 6 heteroatoms. The minimum atomic E-state index is -0.233. The Bertz CT molecular complexity index is 733. The number of nitrogens with one attached hydrogen (secondary N) is 1. The van der Waals surface area contributed by atoms with Crippen LogP contribution < -0.4 is 19.5 Å². The summed E-state index contributed by atoms with van der Waals surface area (Å²) in [5.41, 5.74) is 1.11. The second-order valence-corrected chi connectivity index (χ2v) is 6.03. The number of ether oxygens (including phenoxy) is 4. The number of carbonyl (C=O) groups is 1. The maximum absolute atomic E-state index is 12.6. The third-order valence-corrected chi connectivity index (χ3v) is 4.17. The van der Waals surface area contributed by atoms with Gasteiger partial charge in [-0.15, -0.1) is 0 Å². The summed E-state index contributed by atoms with van der Waals surface area (Å²) in [4.78, 5) is 12.6. The maximum atomic E-state index is 12.6. The van der Waals surface area contributed by atoms with E-state index in [1.54, 1.807) is 50.6 Å². The van der Waals surface area contributed by atoms with Gasteiger partial charge in [-0.3, -0.25) is 4.79 Å². The van der Waals surface area contributed by atoms with Crippen LogP contribution in [0.3, 0.4) is 0 Å². The number of benzene rings is 2. The number of carbonyl (C=O) groups excluding carboxylic acids is 1. The Hall–Kier alpha value is -2.73. The molecule has 0 aromatic heterocycles. The molecular formula is C20H23NO5. The Balaban J connectivity index is 1.66. The molecule has 1 amide bonds. The fraction of sp³-hybridized carbons (Fsp3) is 0.350. The van der Waals surface area contributed by atoms with Crippen LogP contribution in [0.25, 0.3) is 0 Å². The number of amides is 1. The van der Waals surface area contributed by atoms with Crippen molar-refractivity contribution in [2.24, 2.45) is 0 Å². The lowest BCUT2D eigenvalue weighted by Crippen LogP contribution is -2.17. The first-order valence-electron chi connectivity index (χ1n) is 8.57. The number of methoxy groups -OCH3 is 2. The normalized spacial score (nSPS) is 16.2. The smallest absolute Gasteiger partial charge is 0.255 e. The van der Waals surface area contributed by atoms with Crippen LogP contribution >= 0.6 is 0 Å². The third-order valence-electron chi connectivity index (χ3n) is 4.17. The van der Waals surface area contributed by atoms with E-state index in [9.17, 15) is 4.79 Å². The van der Waals surface area contributed by atoms with E-state index in [0.717, 1.165) is 19.4 Å². The quantitative estimate of drug-likeness (QED) is 0.821. The van der Waals surface area contributed by atoms with Gasteiger partial charge >= 0.3 is 0 Å². The van der Waals surface area contributed by atoms with Gasteiger partial charge in [0.2, 0.25) is 0 Å². The van der Waals surface area contributed by atoms with Crippen molar-refractivity contribution in [3.63, 3.8) is 0 Å². The van der Waals surface area contributed by atoms with Gasteiger partial charge in [-0.05, 0) is 31.0 Å². The Kier molecular flexibility index (Phi) is 5.96. The van der Waals surface area contributed by atoms with Gasteiger partial charge in [0, 0.05) is 36.1 Å². The summed E-state index contributed by atoms with van der Waals surface area (Å²) in [6.07, 6.45) is 2.22. The minimum Gasteiger partial charge on any atom is -0.497 e. The average Bonchev–Trinajstić information content (AvgIpc) is 3.20. The predicted octanol–water partition coefficient (Wildman–Crippen LogP) is 3.51. The molecule has 3 rings (SSSR count). The van der Waals surface area contributed by atoms with E-state index in [1.807, 2.05) is 6.07 Å². The molecule has 0 saturated carbocycles. The van der Waals surface area contributed by atoms with Crippen LogP contribution in [0.5, 0.6) is 17.2 Å². The SMILES string of the molecule is COc1cc(NC(=O)c2cccc(OCC3CCCO3)c2)cc(OC)c1. The molecule has 1 fully saturated rings. The fourth-order valence-corrected chi connectivity index (χ4v) is 2.77. The molecule has 0 bridgehead atoms. The summed E-state index contributed by atoms with van der Waals surface area (Å²) < 4.78 is 21.7. The summed E-state index contributed by atoms with van der Waals surface area (Å²) >= 11 is 0. The molecule has 1 saturated heterocycles. The summed E-state index contributed by atoms with van der Waals surface area (Å²) in [6.45, 7) is 1.29. The maximum Gasteiger partial charge on any atom is 0.255 e.